The van der Waals surface area contributed by atoms with Crippen molar-refractivity contribution >= 4 is 11.3 Å². The molecule has 0 bridgehead atoms. The largest absolute Gasteiger partial charge is 0.301 e. The van der Waals surface area contributed by atoms with Gasteiger partial charge in [0, 0.05) is 17.1 Å². The summed E-state index contributed by atoms with van der Waals surface area (Å²) in [6.07, 6.45) is 3.03. The van der Waals surface area contributed by atoms with Crippen molar-refractivity contribution in [1.29, 1.82) is 0 Å². The van der Waals surface area contributed by atoms with Crippen molar-refractivity contribution in [1.82, 2.24) is 10.3 Å². The highest BCUT2D eigenvalue weighted by Gasteiger charge is 2.15. The van der Waals surface area contributed by atoms with Gasteiger partial charge in [0.15, 0.2) is 0 Å². The summed E-state index contributed by atoms with van der Waals surface area (Å²) in [4.78, 5) is 5.72. The molecule has 3 heteroatoms. The fourth-order valence-electron chi connectivity index (χ4n) is 2.08. The first-order valence-corrected chi connectivity index (χ1v) is 7.25. The Balaban J connectivity index is 2.07. The minimum atomic E-state index is 0.300. The fourth-order valence-corrected chi connectivity index (χ4v) is 2.87. The molecule has 0 aliphatic rings. The van der Waals surface area contributed by atoms with Crippen LogP contribution in [0.2, 0.25) is 0 Å². The van der Waals surface area contributed by atoms with E-state index in [0.717, 1.165) is 6.42 Å². The van der Waals surface area contributed by atoms with Crippen molar-refractivity contribution in [3.05, 3.63) is 52.0 Å². The Morgan fingerprint density at radius 1 is 1.28 bits per heavy atom. The Morgan fingerprint density at radius 3 is 2.56 bits per heavy atom. The zero-order valence-electron chi connectivity index (χ0n) is 11.2. The molecule has 1 aromatic heterocycles. The molecule has 0 saturated carbocycles. The Kier molecular flexibility index (Phi) is 4.50. The second-order valence-electron chi connectivity index (χ2n) is 4.57. The van der Waals surface area contributed by atoms with Crippen molar-refractivity contribution in [2.75, 3.05) is 0 Å². The molecule has 2 atom stereocenters. The van der Waals surface area contributed by atoms with Gasteiger partial charge in [-0.25, -0.2) is 4.98 Å². The van der Waals surface area contributed by atoms with Crippen LogP contribution in [0.15, 0.2) is 36.5 Å². The van der Waals surface area contributed by atoms with E-state index >= 15 is 0 Å². The summed E-state index contributed by atoms with van der Waals surface area (Å²) in [7, 11) is 0. The summed E-state index contributed by atoms with van der Waals surface area (Å²) in [5.74, 6) is 0. The number of nitrogens with one attached hydrogen (secondary N) is 1. The van der Waals surface area contributed by atoms with Crippen molar-refractivity contribution in [2.45, 2.75) is 39.3 Å². The average Bonchev–Trinajstić information content (AvgIpc) is 2.83. The summed E-state index contributed by atoms with van der Waals surface area (Å²) in [6, 6.07) is 11.3. The predicted octanol–water partition coefficient (Wildman–Crippen LogP) is 4.25. The standard InChI is InChI=1S/C15H20N2S/c1-4-14(13-8-6-5-7-9-13)17-12(3)15-16-10-11(2)18-15/h5-10,12,14,17H,4H2,1-3H3. The minimum Gasteiger partial charge on any atom is -0.301 e. The van der Waals surface area contributed by atoms with Gasteiger partial charge >= 0.3 is 0 Å². The highest BCUT2D eigenvalue weighted by Crippen LogP contribution is 2.24. The Labute approximate surface area is 113 Å². The molecule has 0 spiro atoms. The van der Waals surface area contributed by atoms with Crippen LogP contribution in [0.1, 0.15) is 47.8 Å². The van der Waals surface area contributed by atoms with E-state index in [2.05, 4.69) is 61.4 Å². The second kappa shape index (κ2) is 6.12. The molecule has 0 aliphatic heterocycles. The SMILES string of the molecule is CCC(NC(C)c1ncc(C)s1)c1ccccc1. The Hall–Kier alpha value is -1.19. The molecular weight excluding hydrogens is 240 g/mol. The van der Waals surface area contributed by atoms with Crippen LogP contribution in [0.4, 0.5) is 0 Å². The monoisotopic (exact) mass is 260 g/mol. The molecule has 0 aliphatic carbocycles. The Morgan fingerprint density at radius 2 is 2.00 bits per heavy atom. The maximum Gasteiger partial charge on any atom is 0.109 e. The van der Waals surface area contributed by atoms with Gasteiger partial charge < -0.3 is 5.32 Å². The molecule has 2 aromatic rings. The van der Waals surface area contributed by atoms with Crippen LogP contribution in [-0.2, 0) is 0 Å². The van der Waals surface area contributed by atoms with Crippen LogP contribution in [0.25, 0.3) is 0 Å². The first-order valence-electron chi connectivity index (χ1n) is 6.44. The lowest BCUT2D eigenvalue weighted by atomic mass is 10.0. The molecule has 2 rings (SSSR count). The third-order valence-corrected chi connectivity index (χ3v) is 4.17. The normalized spacial score (nSPS) is 14.4. The number of benzene rings is 1. The van der Waals surface area contributed by atoms with Crippen LogP contribution < -0.4 is 5.32 Å². The van der Waals surface area contributed by atoms with E-state index < -0.39 is 0 Å². The molecule has 0 saturated heterocycles. The smallest absolute Gasteiger partial charge is 0.109 e. The van der Waals surface area contributed by atoms with E-state index in [0.29, 0.717) is 12.1 Å². The number of hydrogen-bond acceptors (Lipinski definition) is 3. The minimum absolute atomic E-state index is 0.300. The highest BCUT2D eigenvalue weighted by molar-refractivity contribution is 7.11. The molecule has 2 nitrogen and oxygen atoms in total. The quantitative estimate of drug-likeness (QED) is 0.869. The van der Waals surface area contributed by atoms with Gasteiger partial charge in [0.2, 0.25) is 0 Å². The maximum atomic E-state index is 4.45. The number of rotatable bonds is 5. The van der Waals surface area contributed by atoms with Crippen LogP contribution >= 0.6 is 11.3 Å². The summed E-state index contributed by atoms with van der Waals surface area (Å²) < 4.78 is 0. The molecule has 2 unspecified atom stereocenters. The molecule has 1 aromatic carbocycles. The van der Waals surface area contributed by atoms with Crippen molar-refractivity contribution in [2.24, 2.45) is 0 Å². The number of aryl methyl sites for hydroxylation is 1. The van der Waals surface area contributed by atoms with Crippen LogP contribution in [-0.4, -0.2) is 4.98 Å². The number of thiazole rings is 1. The zero-order valence-corrected chi connectivity index (χ0v) is 12.0. The molecule has 96 valence electrons. The fraction of sp³-hybridized carbons (Fsp3) is 0.400. The number of aromatic nitrogens is 1. The van der Waals surface area contributed by atoms with Gasteiger partial charge in [-0.15, -0.1) is 11.3 Å². The van der Waals surface area contributed by atoms with E-state index in [1.165, 1.54) is 15.4 Å². The van der Waals surface area contributed by atoms with Gasteiger partial charge in [-0.3, -0.25) is 0 Å². The van der Waals surface area contributed by atoms with E-state index in [-0.39, 0.29) is 0 Å². The van der Waals surface area contributed by atoms with Crippen LogP contribution in [0.3, 0.4) is 0 Å². The molecule has 0 radical (unpaired) electrons. The van der Waals surface area contributed by atoms with Crippen molar-refractivity contribution in [3.63, 3.8) is 0 Å². The molecule has 1 heterocycles. The van der Waals surface area contributed by atoms with Gasteiger partial charge in [0.1, 0.15) is 5.01 Å². The van der Waals surface area contributed by atoms with Crippen LogP contribution in [0.5, 0.6) is 0 Å². The first-order chi connectivity index (χ1) is 8.70. The number of hydrogen-bond donors (Lipinski definition) is 1. The zero-order chi connectivity index (χ0) is 13.0. The lowest BCUT2D eigenvalue weighted by Crippen LogP contribution is -2.24. The lowest BCUT2D eigenvalue weighted by Gasteiger charge is -2.21. The van der Waals surface area contributed by atoms with Crippen LogP contribution in [0, 0.1) is 6.92 Å². The summed E-state index contributed by atoms with van der Waals surface area (Å²) in [5, 5.41) is 4.83. The van der Waals surface area contributed by atoms with Gasteiger partial charge in [-0.1, -0.05) is 37.3 Å². The average molecular weight is 260 g/mol. The van der Waals surface area contributed by atoms with Crippen molar-refractivity contribution in [3.8, 4) is 0 Å². The third kappa shape index (κ3) is 3.18. The third-order valence-electron chi connectivity index (χ3n) is 3.07. The summed E-state index contributed by atoms with van der Waals surface area (Å²) in [6.45, 7) is 6.50. The predicted molar refractivity (Wildman–Crippen MR) is 77.9 cm³/mol. The van der Waals surface area contributed by atoms with Gasteiger partial charge in [0.05, 0.1) is 6.04 Å². The topological polar surface area (TPSA) is 24.9 Å². The van der Waals surface area contributed by atoms with Gasteiger partial charge in [-0.05, 0) is 25.8 Å². The molecular formula is C15H20N2S. The highest BCUT2D eigenvalue weighted by atomic mass is 32.1. The molecule has 0 fully saturated rings. The maximum absolute atomic E-state index is 4.45. The lowest BCUT2D eigenvalue weighted by molar-refractivity contribution is 0.455. The van der Waals surface area contributed by atoms with E-state index in [1.54, 1.807) is 11.3 Å². The molecule has 1 N–H and O–H groups in total. The Bertz CT molecular complexity index is 478. The molecule has 0 amide bonds. The van der Waals surface area contributed by atoms with Gasteiger partial charge in [0.25, 0.3) is 0 Å². The van der Waals surface area contributed by atoms with E-state index in [9.17, 15) is 0 Å². The van der Waals surface area contributed by atoms with Gasteiger partial charge in [-0.2, -0.15) is 0 Å². The number of nitrogens with zero attached hydrogens (tertiary/aromatic N) is 1. The summed E-state index contributed by atoms with van der Waals surface area (Å²) in [5.41, 5.74) is 1.35. The first kappa shape index (κ1) is 13.2. The summed E-state index contributed by atoms with van der Waals surface area (Å²) >= 11 is 1.77. The second-order valence-corrected chi connectivity index (χ2v) is 5.84. The van der Waals surface area contributed by atoms with E-state index in [1.807, 2.05) is 6.20 Å². The van der Waals surface area contributed by atoms with Crippen molar-refractivity contribution < 1.29 is 0 Å². The molecule has 18 heavy (non-hydrogen) atoms. The van der Waals surface area contributed by atoms with E-state index in [4.69, 9.17) is 0 Å².